The molecule has 3 N–H and O–H groups in total. The molecule has 0 spiro atoms. The SMILES string of the molecule is CNc1cc(CCN2C(=O)COC2c2cn(-c3ccc(Br)cc3)nc2-c2ccc(F)cc2)ccc1N=CN. The van der Waals surface area contributed by atoms with Crippen molar-refractivity contribution >= 4 is 39.6 Å². The highest BCUT2D eigenvalue weighted by Gasteiger charge is 2.36. The van der Waals surface area contributed by atoms with E-state index in [1.165, 1.54) is 18.5 Å². The number of ether oxygens (including phenoxy) is 1. The van der Waals surface area contributed by atoms with E-state index in [0.29, 0.717) is 18.7 Å². The number of nitrogens with one attached hydrogen (secondary N) is 1. The summed E-state index contributed by atoms with van der Waals surface area (Å²) in [5.41, 5.74) is 11.0. The van der Waals surface area contributed by atoms with E-state index in [1.807, 2.05) is 55.7 Å². The first-order valence-electron chi connectivity index (χ1n) is 12.0. The first-order chi connectivity index (χ1) is 18.5. The van der Waals surface area contributed by atoms with Crippen LogP contribution in [0.4, 0.5) is 15.8 Å². The molecule has 1 amide bonds. The molecule has 1 saturated heterocycles. The molecule has 1 unspecified atom stereocenters. The largest absolute Gasteiger partial charge is 0.390 e. The van der Waals surface area contributed by atoms with Crippen molar-refractivity contribution in [3.8, 4) is 16.9 Å². The number of nitrogens with zero attached hydrogens (tertiary/aromatic N) is 4. The van der Waals surface area contributed by atoms with Crippen LogP contribution in [0, 0.1) is 5.82 Å². The Labute approximate surface area is 228 Å². The van der Waals surface area contributed by atoms with E-state index in [4.69, 9.17) is 15.6 Å². The van der Waals surface area contributed by atoms with Crippen LogP contribution in [0.1, 0.15) is 17.4 Å². The van der Waals surface area contributed by atoms with Crippen molar-refractivity contribution in [1.82, 2.24) is 14.7 Å². The molecule has 0 radical (unpaired) electrons. The van der Waals surface area contributed by atoms with Crippen molar-refractivity contribution in [2.75, 3.05) is 25.5 Å². The van der Waals surface area contributed by atoms with Crippen molar-refractivity contribution in [2.45, 2.75) is 12.6 Å². The molecule has 1 aliphatic heterocycles. The average molecular weight is 577 g/mol. The van der Waals surface area contributed by atoms with E-state index in [9.17, 15) is 9.18 Å². The summed E-state index contributed by atoms with van der Waals surface area (Å²) in [6.07, 6.45) is 3.11. The zero-order valence-electron chi connectivity index (χ0n) is 20.6. The standard InChI is InChI=1S/C28H26BrFN6O2/c1-32-25-14-18(2-11-24(25)33-17-31)12-13-35-26(37)16-38-28(35)23-15-36(22-9-5-20(29)6-10-22)34-27(23)19-3-7-21(30)8-4-19/h2-11,14-15,17,28,32H,12-13,16H2,1H3,(H2,31,33). The Hall–Kier alpha value is -4.02. The van der Waals surface area contributed by atoms with E-state index in [1.54, 1.807) is 21.7 Å². The van der Waals surface area contributed by atoms with Crippen LogP contribution in [-0.2, 0) is 16.0 Å². The molecule has 38 heavy (non-hydrogen) atoms. The number of aromatic nitrogens is 2. The molecule has 5 rings (SSSR count). The normalized spacial score (nSPS) is 15.5. The van der Waals surface area contributed by atoms with Gasteiger partial charge in [0.2, 0.25) is 0 Å². The molecule has 10 heteroatoms. The minimum atomic E-state index is -0.628. The van der Waals surface area contributed by atoms with Crippen LogP contribution >= 0.6 is 15.9 Å². The smallest absolute Gasteiger partial charge is 0.250 e. The van der Waals surface area contributed by atoms with Gasteiger partial charge < -0.3 is 20.7 Å². The summed E-state index contributed by atoms with van der Waals surface area (Å²) >= 11 is 3.46. The van der Waals surface area contributed by atoms with Gasteiger partial charge in [0, 0.05) is 35.4 Å². The number of amides is 1. The third kappa shape index (κ3) is 5.32. The minimum Gasteiger partial charge on any atom is -0.390 e. The van der Waals surface area contributed by atoms with E-state index in [-0.39, 0.29) is 18.3 Å². The van der Waals surface area contributed by atoms with Crippen molar-refractivity contribution < 1.29 is 13.9 Å². The van der Waals surface area contributed by atoms with E-state index >= 15 is 0 Å². The van der Waals surface area contributed by atoms with Crippen LogP contribution in [-0.4, -0.2) is 47.1 Å². The Morgan fingerprint density at radius 1 is 1.18 bits per heavy atom. The lowest BCUT2D eigenvalue weighted by molar-refractivity contribution is -0.128. The summed E-state index contributed by atoms with van der Waals surface area (Å²) in [6, 6.07) is 19.7. The summed E-state index contributed by atoms with van der Waals surface area (Å²) in [4.78, 5) is 18.8. The quantitative estimate of drug-likeness (QED) is 0.222. The van der Waals surface area contributed by atoms with Gasteiger partial charge in [0.1, 0.15) is 18.1 Å². The Kier molecular flexibility index (Phi) is 7.52. The van der Waals surface area contributed by atoms with Crippen molar-refractivity contribution in [3.63, 3.8) is 0 Å². The monoisotopic (exact) mass is 576 g/mol. The summed E-state index contributed by atoms with van der Waals surface area (Å²) in [5.74, 6) is -0.435. The second-order valence-corrected chi connectivity index (χ2v) is 9.66. The number of carbonyl (C=O) groups is 1. The number of aliphatic imine (C=N–C) groups is 1. The zero-order valence-corrected chi connectivity index (χ0v) is 22.2. The first kappa shape index (κ1) is 25.6. The van der Waals surface area contributed by atoms with Crippen LogP contribution in [0.3, 0.4) is 0 Å². The molecule has 0 aliphatic carbocycles. The van der Waals surface area contributed by atoms with Crippen LogP contribution in [0.2, 0.25) is 0 Å². The number of benzene rings is 3. The third-order valence-corrected chi connectivity index (χ3v) is 6.90. The van der Waals surface area contributed by atoms with Gasteiger partial charge in [0.25, 0.3) is 5.91 Å². The molecule has 0 bridgehead atoms. The molecule has 0 saturated carbocycles. The highest BCUT2D eigenvalue weighted by Crippen LogP contribution is 2.36. The average Bonchev–Trinajstić information content (AvgIpc) is 3.52. The fraction of sp³-hybridized carbons (Fsp3) is 0.179. The molecule has 4 aromatic rings. The number of anilines is 1. The maximum absolute atomic E-state index is 13.7. The van der Waals surface area contributed by atoms with E-state index < -0.39 is 6.23 Å². The van der Waals surface area contributed by atoms with Gasteiger partial charge in [-0.1, -0.05) is 22.0 Å². The molecule has 194 valence electrons. The zero-order chi connectivity index (χ0) is 26.6. The topological polar surface area (TPSA) is 97.8 Å². The number of hydrogen-bond donors (Lipinski definition) is 2. The lowest BCUT2D eigenvalue weighted by Gasteiger charge is -2.23. The lowest BCUT2D eigenvalue weighted by Crippen LogP contribution is -2.30. The minimum absolute atomic E-state index is 0.0249. The summed E-state index contributed by atoms with van der Waals surface area (Å²) in [5, 5.41) is 7.94. The van der Waals surface area contributed by atoms with Crippen LogP contribution < -0.4 is 11.1 Å². The maximum Gasteiger partial charge on any atom is 0.250 e. The van der Waals surface area contributed by atoms with Gasteiger partial charge in [-0.05, 0) is 72.6 Å². The maximum atomic E-state index is 13.7. The van der Waals surface area contributed by atoms with Crippen molar-refractivity contribution in [1.29, 1.82) is 0 Å². The van der Waals surface area contributed by atoms with Gasteiger partial charge in [-0.3, -0.25) is 4.79 Å². The predicted molar refractivity (Wildman–Crippen MR) is 149 cm³/mol. The van der Waals surface area contributed by atoms with Crippen LogP contribution in [0.25, 0.3) is 16.9 Å². The van der Waals surface area contributed by atoms with Gasteiger partial charge in [-0.15, -0.1) is 0 Å². The van der Waals surface area contributed by atoms with Gasteiger partial charge in [-0.2, -0.15) is 5.10 Å². The Balaban J connectivity index is 1.47. The second-order valence-electron chi connectivity index (χ2n) is 8.74. The fourth-order valence-corrected chi connectivity index (χ4v) is 4.73. The van der Waals surface area contributed by atoms with Crippen molar-refractivity contribution in [3.05, 3.63) is 94.3 Å². The molecule has 3 aromatic carbocycles. The second kappa shape index (κ2) is 11.2. The predicted octanol–water partition coefficient (Wildman–Crippen LogP) is 5.20. The third-order valence-electron chi connectivity index (χ3n) is 6.37. The molecule has 8 nitrogen and oxygen atoms in total. The highest BCUT2D eigenvalue weighted by molar-refractivity contribution is 9.10. The van der Waals surface area contributed by atoms with Gasteiger partial charge in [-0.25, -0.2) is 14.1 Å². The van der Waals surface area contributed by atoms with Crippen molar-refractivity contribution in [2.24, 2.45) is 10.7 Å². The van der Waals surface area contributed by atoms with Crippen LogP contribution in [0.5, 0.6) is 0 Å². The first-order valence-corrected chi connectivity index (χ1v) is 12.8. The molecular weight excluding hydrogens is 551 g/mol. The number of rotatable bonds is 8. The molecule has 1 aromatic heterocycles. The molecule has 1 atom stereocenters. The molecule has 1 fully saturated rings. The number of halogens is 2. The van der Waals surface area contributed by atoms with Gasteiger partial charge in [0.05, 0.1) is 23.4 Å². The Bertz CT molecular complexity index is 1470. The molecular formula is C28H26BrFN6O2. The number of nitrogens with two attached hydrogens (primary N) is 1. The fourth-order valence-electron chi connectivity index (χ4n) is 4.46. The summed E-state index contributed by atoms with van der Waals surface area (Å²) < 4.78 is 22.4. The van der Waals surface area contributed by atoms with E-state index in [0.717, 1.165) is 38.2 Å². The lowest BCUT2D eigenvalue weighted by atomic mass is 10.1. The van der Waals surface area contributed by atoms with E-state index in [2.05, 4.69) is 26.2 Å². The van der Waals surface area contributed by atoms with Crippen LogP contribution in [0.15, 0.2) is 82.4 Å². The van der Waals surface area contributed by atoms with Gasteiger partial charge >= 0.3 is 0 Å². The Morgan fingerprint density at radius 3 is 2.66 bits per heavy atom. The summed E-state index contributed by atoms with van der Waals surface area (Å²) in [6.45, 7) is 0.418. The molecule has 2 heterocycles. The number of carbonyl (C=O) groups excluding carboxylic acids is 1. The number of hydrogen-bond acceptors (Lipinski definition) is 5. The van der Waals surface area contributed by atoms with Gasteiger partial charge in [0.15, 0.2) is 6.23 Å². The Morgan fingerprint density at radius 2 is 1.95 bits per heavy atom. The summed E-state index contributed by atoms with van der Waals surface area (Å²) in [7, 11) is 1.82. The highest BCUT2D eigenvalue weighted by atomic mass is 79.9. The molecule has 1 aliphatic rings.